The maximum Gasteiger partial charge on any atom is 0.407 e. The predicted molar refractivity (Wildman–Crippen MR) is 133 cm³/mol. The van der Waals surface area contributed by atoms with Crippen LogP contribution in [-0.4, -0.2) is 18.6 Å². The molecule has 0 aliphatic heterocycles. The molecule has 1 N–H and O–H groups in total. The van der Waals surface area contributed by atoms with Gasteiger partial charge in [0.1, 0.15) is 12.2 Å². The minimum Gasteiger partial charge on any atom is -0.445 e. The van der Waals surface area contributed by atoms with Crippen LogP contribution in [-0.2, 0) is 29.0 Å². The van der Waals surface area contributed by atoms with E-state index in [1.807, 2.05) is 30.3 Å². The average molecular weight is 498 g/mol. The first-order chi connectivity index (χ1) is 17.0. The van der Waals surface area contributed by atoms with Crippen molar-refractivity contribution in [3.05, 3.63) is 74.6 Å². The number of carbonyl (C=O) groups is 2. The monoisotopic (exact) mass is 497 g/mol. The summed E-state index contributed by atoms with van der Waals surface area (Å²) in [5, 5.41) is 3.82. The Bertz CT molecular complexity index is 1250. The Morgan fingerprint density at radius 2 is 1.77 bits per heavy atom. The smallest absolute Gasteiger partial charge is 0.407 e. The normalized spacial score (nSPS) is 12.7. The molecular formula is C27H28ClNO6. The van der Waals surface area contributed by atoms with Gasteiger partial charge in [-0.05, 0) is 55.7 Å². The number of alkyl carbamates (subject to hydrolysis) is 1. The van der Waals surface area contributed by atoms with Crippen molar-refractivity contribution in [2.45, 2.75) is 58.0 Å². The van der Waals surface area contributed by atoms with E-state index in [1.54, 1.807) is 6.07 Å². The molecule has 1 amide bonds. The molecule has 184 valence electrons. The van der Waals surface area contributed by atoms with Gasteiger partial charge in [0.2, 0.25) is 0 Å². The topological polar surface area (TPSA) is 94.8 Å². The highest BCUT2D eigenvalue weighted by Crippen LogP contribution is 2.34. The molecule has 0 atom stereocenters. The summed E-state index contributed by atoms with van der Waals surface area (Å²) in [4.78, 5) is 36.4. The number of halogens is 1. The number of hydrogen-bond donors (Lipinski definition) is 1. The number of nitrogens with one attached hydrogen (secondary N) is 1. The lowest BCUT2D eigenvalue weighted by Gasteiger charge is -2.16. The molecule has 2 aromatic carbocycles. The van der Waals surface area contributed by atoms with Crippen LogP contribution in [0.5, 0.6) is 5.75 Å². The van der Waals surface area contributed by atoms with E-state index in [0.29, 0.717) is 36.4 Å². The lowest BCUT2D eigenvalue weighted by Crippen LogP contribution is -2.25. The second-order valence-electron chi connectivity index (χ2n) is 8.61. The van der Waals surface area contributed by atoms with Crippen LogP contribution in [0.15, 0.2) is 51.7 Å². The van der Waals surface area contributed by atoms with Gasteiger partial charge >= 0.3 is 17.7 Å². The number of rotatable bonds is 9. The van der Waals surface area contributed by atoms with Gasteiger partial charge in [-0.2, -0.15) is 0 Å². The van der Waals surface area contributed by atoms with E-state index in [4.69, 9.17) is 25.5 Å². The predicted octanol–water partition coefficient (Wildman–Crippen LogP) is 5.72. The fourth-order valence-electron chi connectivity index (χ4n) is 4.23. The average Bonchev–Trinajstić information content (AvgIpc) is 2.87. The summed E-state index contributed by atoms with van der Waals surface area (Å²) in [6.07, 6.45) is 5.31. The lowest BCUT2D eigenvalue weighted by molar-refractivity contribution is -0.134. The maximum atomic E-state index is 12.3. The maximum absolute atomic E-state index is 12.3. The van der Waals surface area contributed by atoms with Crippen molar-refractivity contribution in [1.29, 1.82) is 0 Å². The molecule has 1 aliphatic carbocycles. The fourth-order valence-corrected chi connectivity index (χ4v) is 4.43. The SMILES string of the molecule is O=C(CCCCCNC(=O)OCc1ccccc1)Oc1cc2oc(=O)c3c(c2cc1Cl)CCCC3. The van der Waals surface area contributed by atoms with E-state index < -0.39 is 12.1 Å². The summed E-state index contributed by atoms with van der Waals surface area (Å²) in [5.74, 6) is -0.229. The van der Waals surface area contributed by atoms with Gasteiger partial charge in [0, 0.05) is 30.0 Å². The van der Waals surface area contributed by atoms with Crippen molar-refractivity contribution in [1.82, 2.24) is 5.32 Å². The van der Waals surface area contributed by atoms with Gasteiger partial charge in [0.25, 0.3) is 0 Å². The zero-order valence-electron chi connectivity index (χ0n) is 19.4. The summed E-state index contributed by atoms with van der Waals surface area (Å²) in [6.45, 7) is 0.685. The van der Waals surface area contributed by atoms with E-state index >= 15 is 0 Å². The second kappa shape index (κ2) is 11.9. The summed E-state index contributed by atoms with van der Waals surface area (Å²) in [5.41, 5.74) is 2.69. The van der Waals surface area contributed by atoms with Gasteiger partial charge in [-0.3, -0.25) is 4.79 Å². The Morgan fingerprint density at radius 1 is 1.00 bits per heavy atom. The molecule has 35 heavy (non-hydrogen) atoms. The molecule has 4 rings (SSSR count). The minimum atomic E-state index is -0.466. The number of benzene rings is 2. The van der Waals surface area contributed by atoms with Gasteiger partial charge in [-0.25, -0.2) is 9.59 Å². The van der Waals surface area contributed by atoms with Crippen molar-refractivity contribution < 1.29 is 23.5 Å². The molecule has 0 spiro atoms. The quantitative estimate of drug-likeness (QED) is 0.176. The summed E-state index contributed by atoms with van der Waals surface area (Å²) in [6, 6.07) is 12.7. The van der Waals surface area contributed by atoms with Crippen molar-refractivity contribution >= 4 is 34.6 Å². The van der Waals surface area contributed by atoms with Crippen LogP contribution in [0, 0.1) is 0 Å². The Labute approximate surface area is 208 Å². The lowest BCUT2D eigenvalue weighted by atomic mass is 9.91. The molecule has 0 saturated heterocycles. The van der Waals surface area contributed by atoms with Crippen molar-refractivity contribution in [2.75, 3.05) is 6.54 Å². The van der Waals surface area contributed by atoms with Crippen molar-refractivity contribution in [2.24, 2.45) is 0 Å². The number of amides is 1. The van der Waals surface area contributed by atoms with E-state index in [9.17, 15) is 14.4 Å². The van der Waals surface area contributed by atoms with E-state index in [0.717, 1.165) is 47.8 Å². The molecule has 0 unspecified atom stereocenters. The van der Waals surface area contributed by atoms with Crippen LogP contribution in [0.4, 0.5) is 4.79 Å². The van der Waals surface area contributed by atoms with E-state index in [1.165, 1.54) is 6.07 Å². The van der Waals surface area contributed by atoms with Crippen molar-refractivity contribution in [3.63, 3.8) is 0 Å². The molecule has 7 nitrogen and oxygen atoms in total. The highest BCUT2D eigenvalue weighted by atomic mass is 35.5. The van der Waals surface area contributed by atoms with Gasteiger partial charge in [-0.15, -0.1) is 0 Å². The molecule has 1 aliphatic rings. The third kappa shape index (κ3) is 6.63. The van der Waals surface area contributed by atoms with Crippen LogP contribution in [0.1, 0.15) is 55.2 Å². The molecular weight excluding hydrogens is 470 g/mol. The minimum absolute atomic E-state index is 0.186. The third-order valence-electron chi connectivity index (χ3n) is 6.04. The van der Waals surface area contributed by atoms with Gasteiger partial charge < -0.3 is 19.2 Å². The highest BCUT2D eigenvalue weighted by Gasteiger charge is 2.20. The Balaban J connectivity index is 1.20. The number of esters is 1. The summed E-state index contributed by atoms with van der Waals surface area (Å²) >= 11 is 6.38. The third-order valence-corrected chi connectivity index (χ3v) is 6.34. The number of ether oxygens (including phenoxy) is 2. The molecule has 0 saturated carbocycles. The zero-order chi connectivity index (χ0) is 24.6. The molecule has 0 fully saturated rings. The summed E-state index contributed by atoms with van der Waals surface area (Å²) in [7, 11) is 0. The standard InChI is InChI=1S/C27H28ClNO6/c28-22-15-21-19-11-6-7-12-20(19)26(31)35-23(21)16-24(22)34-25(30)13-5-2-8-14-29-27(32)33-17-18-9-3-1-4-10-18/h1,3-4,9-10,15-16H,2,5-8,11-14,17H2,(H,29,32). The largest absolute Gasteiger partial charge is 0.445 e. The molecule has 8 heteroatoms. The number of aryl methyl sites for hydroxylation is 1. The van der Waals surface area contributed by atoms with Crippen LogP contribution >= 0.6 is 11.6 Å². The van der Waals surface area contributed by atoms with Crippen LogP contribution < -0.4 is 15.7 Å². The first kappa shape index (κ1) is 24.8. The first-order valence-electron chi connectivity index (χ1n) is 11.9. The number of hydrogen-bond acceptors (Lipinski definition) is 6. The number of unbranched alkanes of at least 4 members (excludes halogenated alkanes) is 2. The Kier molecular flexibility index (Phi) is 8.42. The molecule has 0 bridgehead atoms. The van der Waals surface area contributed by atoms with E-state index in [-0.39, 0.29) is 24.4 Å². The zero-order valence-corrected chi connectivity index (χ0v) is 20.2. The summed E-state index contributed by atoms with van der Waals surface area (Å²) < 4.78 is 16.1. The highest BCUT2D eigenvalue weighted by molar-refractivity contribution is 6.33. The molecule has 0 radical (unpaired) electrons. The second-order valence-corrected chi connectivity index (χ2v) is 9.01. The number of fused-ring (bicyclic) bond motifs is 3. The fraction of sp³-hybridized carbons (Fsp3) is 0.370. The molecule has 3 aromatic rings. The Hall–Kier alpha value is -3.32. The number of carbonyl (C=O) groups excluding carboxylic acids is 2. The van der Waals surface area contributed by atoms with Gasteiger partial charge in [-0.1, -0.05) is 48.4 Å². The van der Waals surface area contributed by atoms with Gasteiger partial charge in [0.15, 0.2) is 5.75 Å². The van der Waals surface area contributed by atoms with Crippen LogP contribution in [0.25, 0.3) is 11.0 Å². The van der Waals surface area contributed by atoms with Gasteiger partial charge in [0.05, 0.1) is 5.02 Å². The Morgan fingerprint density at radius 3 is 2.57 bits per heavy atom. The molecule has 1 heterocycles. The first-order valence-corrected chi connectivity index (χ1v) is 12.3. The van der Waals surface area contributed by atoms with E-state index in [2.05, 4.69) is 5.32 Å². The van der Waals surface area contributed by atoms with Crippen molar-refractivity contribution in [3.8, 4) is 5.75 Å². The van der Waals surface area contributed by atoms with Crippen LogP contribution in [0.3, 0.4) is 0 Å². The molecule has 1 aromatic heterocycles. The van der Waals surface area contributed by atoms with Crippen LogP contribution in [0.2, 0.25) is 5.02 Å².